The second-order valence-corrected chi connectivity index (χ2v) is 3.27. The van der Waals surface area contributed by atoms with E-state index in [2.05, 4.69) is 44.7 Å². The molecule has 0 saturated heterocycles. The molecule has 0 unspecified atom stereocenters. The van der Waals surface area contributed by atoms with Gasteiger partial charge in [-0.05, 0) is 31.4 Å². The lowest BCUT2D eigenvalue weighted by molar-refractivity contribution is 1.33. The van der Waals surface area contributed by atoms with E-state index in [1.165, 1.54) is 16.7 Å². The Morgan fingerprint density at radius 3 is 2.77 bits per heavy atom. The predicted molar refractivity (Wildman–Crippen MR) is 59.6 cm³/mol. The molecule has 0 heterocycles. The summed E-state index contributed by atoms with van der Waals surface area (Å²) < 4.78 is 0. The van der Waals surface area contributed by atoms with Crippen LogP contribution in [0.25, 0.3) is 0 Å². The van der Waals surface area contributed by atoms with Crippen molar-refractivity contribution in [3.05, 3.63) is 59.8 Å². The Kier molecular flexibility index (Phi) is 3.51. The molecular weight excluding hydrogens is 156 g/mol. The lowest BCUT2D eigenvalue weighted by atomic mass is 10.1. The van der Waals surface area contributed by atoms with Gasteiger partial charge in [0, 0.05) is 0 Å². The lowest BCUT2D eigenvalue weighted by Crippen LogP contribution is -1.79. The molecule has 1 aliphatic rings. The Hall–Kier alpha value is -1.30. The maximum atomic E-state index is 3.66. The van der Waals surface area contributed by atoms with Crippen LogP contribution in [0.2, 0.25) is 0 Å². The van der Waals surface area contributed by atoms with Crippen molar-refractivity contribution in [1.82, 2.24) is 0 Å². The van der Waals surface area contributed by atoms with Gasteiger partial charge in [0.15, 0.2) is 0 Å². The zero-order valence-electron chi connectivity index (χ0n) is 8.38. The van der Waals surface area contributed by atoms with Crippen LogP contribution in [-0.2, 0) is 0 Å². The highest BCUT2D eigenvalue weighted by molar-refractivity contribution is 5.44. The predicted octanol–water partition coefficient (Wildman–Crippen LogP) is 3.95. The van der Waals surface area contributed by atoms with E-state index in [1.54, 1.807) is 6.08 Å². The number of hydrogen-bond donors (Lipinski definition) is 0. The van der Waals surface area contributed by atoms with Crippen LogP contribution >= 0.6 is 0 Å². The molecule has 0 aromatic carbocycles. The fourth-order valence-corrected chi connectivity index (χ4v) is 1.39. The third-order valence-corrected chi connectivity index (χ3v) is 2.09. The van der Waals surface area contributed by atoms with Crippen LogP contribution in [0.1, 0.15) is 20.3 Å². The Balaban J connectivity index is 2.88. The Morgan fingerprint density at radius 1 is 1.31 bits per heavy atom. The highest BCUT2D eigenvalue weighted by Gasteiger charge is 1.98. The van der Waals surface area contributed by atoms with Gasteiger partial charge in [-0.3, -0.25) is 0 Å². The highest BCUT2D eigenvalue weighted by Crippen LogP contribution is 2.18. The van der Waals surface area contributed by atoms with Crippen LogP contribution in [-0.4, -0.2) is 0 Å². The van der Waals surface area contributed by atoms with E-state index in [-0.39, 0.29) is 0 Å². The normalized spacial score (nSPS) is 17.5. The van der Waals surface area contributed by atoms with Crippen LogP contribution in [0.4, 0.5) is 0 Å². The Bertz CT molecular complexity index is 309. The Morgan fingerprint density at radius 2 is 2.08 bits per heavy atom. The molecular formula is C13H16. The van der Waals surface area contributed by atoms with E-state index in [4.69, 9.17) is 0 Å². The summed E-state index contributed by atoms with van der Waals surface area (Å²) in [5.74, 6) is 0. The summed E-state index contributed by atoms with van der Waals surface area (Å²) in [7, 11) is 0. The van der Waals surface area contributed by atoms with Crippen molar-refractivity contribution in [2.75, 3.05) is 0 Å². The molecule has 0 radical (unpaired) electrons. The molecule has 0 amide bonds. The molecule has 0 aliphatic heterocycles. The van der Waals surface area contributed by atoms with Crippen LogP contribution in [0.3, 0.4) is 0 Å². The fourth-order valence-electron chi connectivity index (χ4n) is 1.39. The van der Waals surface area contributed by atoms with Crippen molar-refractivity contribution in [3.8, 4) is 0 Å². The van der Waals surface area contributed by atoms with Crippen LogP contribution < -0.4 is 0 Å². The van der Waals surface area contributed by atoms with Gasteiger partial charge in [-0.15, -0.1) is 0 Å². The minimum absolute atomic E-state index is 1.02. The van der Waals surface area contributed by atoms with Crippen LogP contribution in [0, 0.1) is 0 Å². The smallest absolute Gasteiger partial charge is 0.0154 e. The molecule has 0 fully saturated rings. The summed E-state index contributed by atoms with van der Waals surface area (Å²) in [6.07, 6.45) is 13.6. The molecule has 0 aromatic rings. The first-order valence-corrected chi connectivity index (χ1v) is 4.58. The largest absolute Gasteiger partial charge is 0.0991 e. The first-order valence-electron chi connectivity index (χ1n) is 4.58. The van der Waals surface area contributed by atoms with Gasteiger partial charge >= 0.3 is 0 Å². The van der Waals surface area contributed by atoms with E-state index in [9.17, 15) is 0 Å². The molecule has 0 heteroatoms. The van der Waals surface area contributed by atoms with Crippen molar-refractivity contribution in [3.63, 3.8) is 0 Å². The van der Waals surface area contributed by atoms with Crippen molar-refractivity contribution in [2.24, 2.45) is 0 Å². The summed E-state index contributed by atoms with van der Waals surface area (Å²) in [5, 5.41) is 0. The molecule has 13 heavy (non-hydrogen) atoms. The number of rotatable bonds is 2. The second-order valence-electron chi connectivity index (χ2n) is 3.27. The van der Waals surface area contributed by atoms with Gasteiger partial charge in [0.25, 0.3) is 0 Å². The average molecular weight is 172 g/mol. The summed E-state index contributed by atoms with van der Waals surface area (Å²) in [6.45, 7) is 7.94. The third kappa shape index (κ3) is 2.90. The standard InChI is InChI=1S/C13H16/c1-4-5-8-13-9-6-7-11(2)10-12(13)3/h4-5,7-10H,1,6H2,2-3H3/b8-5-. The molecule has 0 aromatic heterocycles. The SMILES string of the molecule is C=C/C=C\C1=CCC=C(C)C=C1C. The summed E-state index contributed by atoms with van der Waals surface area (Å²) >= 11 is 0. The number of hydrogen-bond acceptors (Lipinski definition) is 0. The minimum Gasteiger partial charge on any atom is -0.0991 e. The molecule has 0 N–H and O–H groups in total. The van der Waals surface area contributed by atoms with Crippen molar-refractivity contribution in [1.29, 1.82) is 0 Å². The first-order chi connectivity index (χ1) is 6.24. The molecule has 68 valence electrons. The third-order valence-electron chi connectivity index (χ3n) is 2.09. The van der Waals surface area contributed by atoms with Gasteiger partial charge in [0.05, 0.1) is 0 Å². The minimum atomic E-state index is 1.02. The second kappa shape index (κ2) is 4.66. The maximum Gasteiger partial charge on any atom is -0.0154 e. The van der Waals surface area contributed by atoms with Gasteiger partial charge in [0.1, 0.15) is 0 Å². The lowest BCUT2D eigenvalue weighted by Gasteiger charge is -1.99. The van der Waals surface area contributed by atoms with Crippen molar-refractivity contribution in [2.45, 2.75) is 20.3 Å². The van der Waals surface area contributed by atoms with E-state index < -0.39 is 0 Å². The van der Waals surface area contributed by atoms with E-state index >= 15 is 0 Å². The maximum absolute atomic E-state index is 3.66. The quantitative estimate of drug-likeness (QED) is 0.553. The zero-order chi connectivity index (χ0) is 9.68. The molecule has 0 saturated carbocycles. The number of allylic oxidation sites excluding steroid dienone is 9. The summed E-state index contributed by atoms with van der Waals surface area (Å²) in [6, 6.07) is 0. The van der Waals surface area contributed by atoms with Crippen molar-refractivity contribution < 1.29 is 0 Å². The van der Waals surface area contributed by atoms with Gasteiger partial charge in [-0.25, -0.2) is 0 Å². The van der Waals surface area contributed by atoms with Crippen LogP contribution in [0.15, 0.2) is 59.8 Å². The topological polar surface area (TPSA) is 0 Å². The monoisotopic (exact) mass is 172 g/mol. The summed E-state index contributed by atoms with van der Waals surface area (Å²) in [5.41, 5.74) is 3.97. The molecule has 1 rings (SSSR count). The molecule has 0 atom stereocenters. The van der Waals surface area contributed by atoms with Gasteiger partial charge in [-0.2, -0.15) is 0 Å². The van der Waals surface area contributed by atoms with E-state index in [0.29, 0.717) is 0 Å². The van der Waals surface area contributed by atoms with Gasteiger partial charge < -0.3 is 0 Å². The fraction of sp³-hybridized carbons (Fsp3) is 0.231. The van der Waals surface area contributed by atoms with Gasteiger partial charge in [-0.1, -0.05) is 48.6 Å². The summed E-state index contributed by atoms with van der Waals surface area (Å²) in [4.78, 5) is 0. The van der Waals surface area contributed by atoms with Gasteiger partial charge in [0.2, 0.25) is 0 Å². The van der Waals surface area contributed by atoms with E-state index in [1.807, 2.05) is 6.08 Å². The molecule has 0 spiro atoms. The first kappa shape index (κ1) is 9.79. The average Bonchev–Trinajstić information content (AvgIpc) is 2.24. The molecule has 1 aliphatic carbocycles. The Labute approximate surface area is 80.7 Å². The molecule has 0 bridgehead atoms. The van der Waals surface area contributed by atoms with E-state index in [0.717, 1.165) is 6.42 Å². The highest BCUT2D eigenvalue weighted by atomic mass is 14.0. The van der Waals surface area contributed by atoms with Crippen molar-refractivity contribution >= 4 is 0 Å². The van der Waals surface area contributed by atoms with Crippen LogP contribution in [0.5, 0.6) is 0 Å². The molecule has 0 nitrogen and oxygen atoms in total. The zero-order valence-corrected chi connectivity index (χ0v) is 8.38.